The van der Waals surface area contributed by atoms with Crippen LogP contribution < -0.4 is 20.1 Å². The summed E-state index contributed by atoms with van der Waals surface area (Å²) in [5.41, 5.74) is 3.67. The maximum absolute atomic E-state index is 11.1. The van der Waals surface area contributed by atoms with Gasteiger partial charge >= 0.3 is 0 Å². The molecule has 0 unspecified atom stereocenters. The van der Waals surface area contributed by atoms with E-state index >= 15 is 0 Å². The number of carbonyl (C=O) groups excluding carboxylic acids is 1. The molecule has 0 spiro atoms. The van der Waals surface area contributed by atoms with Crippen molar-refractivity contribution in [2.24, 2.45) is 0 Å². The van der Waals surface area contributed by atoms with Gasteiger partial charge in [0.15, 0.2) is 11.5 Å². The molecule has 0 aliphatic carbocycles. The molecule has 0 saturated heterocycles. The number of rotatable bonds is 8. The fourth-order valence-electron chi connectivity index (χ4n) is 2.81. The number of ether oxygens (including phenoxy) is 2. The molecule has 2 N–H and O–H groups in total. The summed E-state index contributed by atoms with van der Waals surface area (Å²) in [6.45, 7) is 2.45. The van der Waals surface area contributed by atoms with Crippen molar-refractivity contribution in [1.29, 1.82) is 0 Å². The lowest BCUT2D eigenvalue weighted by Gasteiger charge is -2.13. The standard InChI is InChI=1S/C23H22Cl2N2O3/c1-15(28)27-19-7-5-18(6-8-19)26-13-16-4-10-22(23(12-16)29-2)30-14-17-3-9-20(24)21(25)11-17/h3-12,26H,13-14H2,1-2H3,(H,27,28). The van der Waals surface area contributed by atoms with E-state index in [1.165, 1.54) is 6.92 Å². The molecule has 3 rings (SSSR count). The number of methoxy groups -OCH3 is 1. The SMILES string of the molecule is COc1cc(CNc2ccc(NC(C)=O)cc2)ccc1OCc1ccc(Cl)c(Cl)c1. The van der Waals surface area contributed by atoms with Crippen LogP contribution in [0, 0.1) is 0 Å². The van der Waals surface area contributed by atoms with Crippen LogP contribution in [-0.4, -0.2) is 13.0 Å². The Labute approximate surface area is 185 Å². The molecular weight excluding hydrogens is 423 g/mol. The summed E-state index contributed by atoms with van der Waals surface area (Å²) in [6.07, 6.45) is 0. The molecule has 5 nitrogen and oxygen atoms in total. The summed E-state index contributed by atoms with van der Waals surface area (Å²) in [4.78, 5) is 11.1. The van der Waals surface area contributed by atoms with E-state index in [0.717, 1.165) is 22.5 Å². The van der Waals surface area contributed by atoms with Crippen LogP contribution in [0.1, 0.15) is 18.1 Å². The van der Waals surface area contributed by atoms with E-state index in [2.05, 4.69) is 10.6 Å². The average Bonchev–Trinajstić information content (AvgIpc) is 2.74. The number of nitrogens with one attached hydrogen (secondary N) is 2. The fraction of sp³-hybridized carbons (Fsp3) is 0.174. The normalized spacial score (nSPS) is 10.4. The van der Waals surface area contributed by atoms with Gasteiger partial charge in [0.1, 0.15) is 6.61 Å². The molecule has 30 heavy (non-hydrogen) atoms. The third-order valence-electron chi connectivity index (χ3n) is 4.31. The van der Waals surface area contributed by atoms with Crippen molar-refractivity contribution in [2.45, 2.75) is 20.1 Å². The Balaban J connectivity index is 1.60. The van der Waals surface area contributed by atoms with Gasteiger partial charge in [-0.15, -0.1) is 0 Å². The van der Waals surface area contributed by atoms with Crippen molar-refractivity contribution >= 4 is 40.5 Å². The van der Waals surface area contributed by atoms with Crippen LogP contribution in [0.25, 0.3) is 0 Å². The largest absolute Gasteiger partial charge is 0.493 e. The minimum atomic E-state index is -0.0933. The number of benzene rings is 3. The first-order valence-corrected chi connectivity index (χ1v) is 10.1. The van der Waals surface area contributed by atoms with Crippen LogP contribution in [0.3, 0.4) is 0 Å². The van der Waals surface area contributed by atoms with Gasteiger partial charge in [0.05, 0.1) is 17.2 Å². The summed E-state index contributed by atoms with van der Waals surface area (Å²) in [5.74, 6) is 1.20. The molecular formula is C23H22Cl2N2O3. The fourth-order valence-corrected chi connectivity index (χ4v) is 3.13. The summed E-state index contributed by atoms with van der Waals surface area (Å²) in [7, 11) is 1.61. The van der Waals surface area contributed by atoms with Crippen molar-refractivity contribution in [3.05, 3.63) is 81.8 Å². The van der Waals surface area contributed by atoms with Crippen molar-refractivity contribution in [3.63, 3.8) is 0 Å². The Kier molecular flexibility index (Phi) is 7.44. The number of amides is 1. The highest BCUT2D eigenvalue weighted by atomic mass is 35.5. The Morgan fingerprint density at radius 3 is 2.23 bits per heavy atom. The highest BCUT2D eigenvalue weighted by Crippen LogP contribution is 2.30. The molecule has 0 aromatic heterocycles. The van der Waals surface area contributed by atoms with Crippen LogP contribution in [0.15, 0.2) is 60.7 Å². The average molecular weight is 445 g/mol. The second kappa shape index (κ2) is 10.2. The Bertz CT molecular complexity index is 1020. The van der Waals surface area contributed by atoms with E-state index in [4.69, 9.17) is 32.7 Å². The van der Waals surface area contributed by atoms with Gasteiger partial charge in [-0.05, 0) is 59.7 Å². The zero-order chi connectivity index (χ0) is 21.5. The first kappa shape index (κ1) is 21.8. The lowest BCUT2D eigenvalue weighted by molar-refractivity contribution is -0.114. The minimum Gasteiger partial charge on any atom is -0.493 e. The van der Waals surface area contributed by atoms with Crippen LogP contribution in [0.4, 0.5) is 11.4 Å². The van der Waals surface area contributed by atoms with Crippen molar-refractivity contribution < 1.29 is 14.3 Å². The van der Waals surface area contributed by atoms with Crippen molar-refractivity contribution in [2.75, 3.05) is 17.7 Å². The predicted molar refractivity (Wildman–Crippen MR) is 122 cm³/mol. The van der Waals surface area contributed by atoms with Gasteiger partial charge in [-0.25, -0.2) is 0 Å². The van der Waals surface area contributed by atoms with Gasteiger partial charge in [0, 0.05) is 24.8 Å². The number of carbonyl (C=O) groups is 1. The Morgan fingerprint density at radius 1 is 0.867 bits per heavy atom. The number of anilines is 2. The molecule has 0 bridgehead atoms. The third kappa shape index (κ3) is 6.05. The maximum Gasteiger partial charge on any atom is 0.221 e. The topological polar surface area (TPSA) is 59.6 Å². The van der Waals surface area contributed by atoms with E-state index in [1.54, 1.807) is 19.2 Å². The first-order chi connectivity index (χ1) is 14.4. The van der Waals surface area contributed by atoms with Crippen LogP contribution in [0.2, 0.25) is 10.0 Å². The molecule has 1 amide bonds. The molecule has 0 atom stereocenters. The zero-order valence-corrected chi connectivity index (χ0v) is 18.2. The molecule has 0 aliphatic rings. The van der Waals surface area contributed by atoms with E-state index in [9.17, 15) is 4.79 Å². The maximum atomic E-state index is 11.1. The summed E-state index contributed by atoms with van der Waals surface area (Å²) < 4.78 is 11.4. The molecule has 0 saturated carbocycles. The summed E-state index contributed by atoms with van der Waals surface area (Å²) in [6, 6.07) is 18.7. The Hall–Kier alpha value is -2.89. The Morgan fingerprint density at radius 2 is 1.57 bits per heavy atom. The van der Waals surface area contributed by atoms with E-state index in [-0.39, 0.29) is 5.91 Å². The second-order valence-corrected chi connectivity index (χ2v) is 7.45. The molecule has 3 aromatic rings. The van der Waals surface area contributed by atoms with Crippen LogP contribution in [0.5, 0.6) is 11.5 Å². The number of hydrogen-bond donors (Lipinski definition) is 2. The van der Waals surface area contributed by atoms with Crippen molar-refractivity contribution in [3.8, 4) is 11.5 Å². The third-order valence-corrected chi connectivity index (χ3v) is 5.05. The van der Waals surface area contributed by atoms with E-state index in [1.807, 2.05) is 48.5 Å². The van der Waals surface area contributed by atoms with Crippen LogP contribution in [-0.2, 0) is 17.9 Å². The highest BCUT2D eigenvalue weighted by molar-refractivity contribution is 6.42. The lowest BCUT2D eigenvalue weighted by Crippen LogP contribution is -2.06. The predicted octanol–water partition coefficient (Wildman–Crippen LogP) is 6.15. The quantitative estimate of drug-likeness (QED) is 0.437. The van der Waals surface area contributed by atoms with E-state index in [0.29, 0.717) is 34.7 Å². The molecule has 0 radical (unpaired) electrons. The summed E-state index contributed by atoms with van der Waals surface area (Å²) in [5, 5.41) is 7.10. The lowest BCUT2D eigenvalue weighted by atomic mass is 10.2. The van der Waals surface area contributed by atoms with Gasteiger partial charge < -0.3 is 20.1 Å². The smallest absolute Gasteiger partial charge is 0.221 e. The van der Waals surface area contributed by atoms with Gasteiger partial charge in [0.25, 0.3) is 0 Å². The molecule has 0 fully saturated rings. The minimum absolute atomic E-state index is 0.0933. The monoisotopic (exact) mass is 444 g/mol. The second-order valence-electron chi connectivity index (χ2n) is 6.63. The van der Waals surface area contributed by atoms with Crippen molar-refractivity contribution in [1.82, 2.24) is 0 Å². The highest BCUT2D eigenvalue weighted by Gasteiger charge is 2.08. The molecule has 3 aromatic carbocycles. The molecule has 0 heterocycles. The number of hydrogen-bond acceptors (Lipinski definition) is 4. The molecule has 0 aliphatic heterocycles. The number of halogens is 2. The first-order valence-electron chi connectivity index (χ1n) is 9.30. The van der Waals surface area contributed by atoms with Gasteiger partial charge in [-0.2, -0.15) is 0 Å². The molecule has 7 heteroatoms. The van der Waals surface area contributed by atoms with Crippen LogP contribution >= 0.6 is 23.2 Å². The zero-order valence-electron chi connectivity index (χ0n) is 16.7. The summed E-state index contributed by atoms with van der Waals surface area (Å²) >= 11 is 12.0. The van der Waals surface area contributed by atoms with E-state index < -0.39 is 0 Å². The van der Waals surface area contributed by atoms with Gasteiger partial charge in [-0.1, -0.05) is 35.3 Å². The van der Waals surface area contributed by atoms with Gasteiger partial charge in [-0.3, -0.25) is 4.79 Å². The molecule has 156 valence electrons. The van der Waals surface area contributed by atoms with Gasteiger partial charge in [0.2, 0.25) is 5.91 Å².